The maximum Gasteiger partial charge on any atom is 0.223 e. The second kappa shape index (κ2) is 9.57. The van der Waals surface area contributed by atoms with Gasteiger partial charge in [-0.05, 0) is 48.7 Å². The molecule has 2 aromatic carbocycles. The summed E-state index contributed by atoms with van der Waals surface area (Å²) in [4.78, 5) is 19.9. The van der Waals surface area contributed by atoms with Gasteiger partial charge in [-0.3, -0.25) is 9.78 Å². The van der Waals surface area contributed by atoms with Gasteiger partial charge in [-0.2, -0.15) is 0 Å². The molecule has 0 aliphatic carbocycles. The zero-order valence-corrected chi connectivity index (χ0v) is 18.1. The largest absolute Gasteiger partial charge is 0.457 e. The number of anilines is 2. The molecule has 2 heterocycles. The first-order valence-corrected chi connectivity index (χ1v) is 11.1. The summed E-state index contributed by atoms with van der Waals surface area (Å²) in [7, 11) is 0. The van der Waals surface area contributed by atoms with Crippen LogP contribution in [0.3, 0.4) is 0 Å². The fourth-order valence-electron chi connectivity index (χ4n) is 3.21. The Balaban J connectivity index is 1.46. The second-order valence-corrected chi connectivity index (χ2v) is 8.33. The monoisotopic (exact) mass is 432 g/mol. The summed E-state index contributed by atoms with van der Waals surface area (Å²) >= 11 is 1.60. The fraction of sp³-hybridized carbons (Fsp3) is 0.208. The first-order chi connectivity index (χ1) is 15.1. The van der Waals surface area contributed by atoms with E-state index in [9.17, 15) is 4.79 Å². The van der Waals surface area contributed by atoms with Crippen molar-refractivity contribution in [2.75, 3.05) is 5.32 Å². The molecule has 0 fully saturated rings. The Kier molecular flexibility index (Phi) is 6.43. The molecular weight excluding hydrogens is 408 g/mol. The molecule has 7 heteroatoms. The average Bonchev–Trinajstić information content (AvgIpc) is 3.14. The number of nitrogens with zero attached hydrogens (tertiary/aromatic N) is 2. The van der Waals surface area contributed by atoms with Gasteiger partial charge < -0.3 is 15.8 Å². The molecule has 0 aliphatic rings. The predicted octanol–water partition coefficient (Wildman–Crippen LogP) is 5.60. The van der Waals surface area contributed by atoms with Crippen molar-refractivity contribution in [1.82, 2.24) is 9.97 Å². The minimum atomic E-state index is -0.427. The number of primary amides is 1. The predicted molar refractivity (Wildman–Crippen MR) is 125 cm³/mol. The minimum Gasteiger partial charge on any atom is -0.457 e. The molecule has 158 valence electrons. The van der Waals surface area contributed by atoms with Gasteiger partial charge in [0.05, 0.1) is 22.3 Å². The van der Waals surface area contributed by atoms with Gasteiger partial charge in [0.1, 0.15) is 11.5 Å². The van der Waals surface area contributed by atoms with Crippen molar-refractivity contribution in [3.05, 3.63) is 72.1 Å². The van der Waals surface area contributed by atoms with Crippen LogP contribution in [0.25, 0.3) is 10.2 Å². The van der Waals surface area contributed by atoms with Crippen LogP contribution in [0.15, 0.2) is 60.8 Å². The van der Waals surface area contributed by atoms with Crippen molar-refractivity contribution in [3.8, 4) is 11.5 Å². The van der Waals surface area contributed by atoms with Gasteiger partial charge in [-0.15, -0.1) is 0 Å². The number of fused-ring (bicyclic) bond motifs is 1. The van der Waals surface area contributed by atoms with Gasteiger partial charge in [0.15, 0.2) is 5.13 Å². The molecule has 0 aliphatic heterocycles. The molecule has 0 radical (unpaired) electrons. The van der Waals surface area contributed by atoms with Gasteiger partial charge >= 0.3 is 0 Å². The molecule has 0 saturated carbocycles. The van der Waals surface area contributed by atoms with Crippen LogP contribution < -0.4 is 15.8 Å². The van der Waals surface area contributed by atoms with Crippen molar-refractivity contribution in [3.63, 3.8) is 0 Å². The summed E-state index contributed by atoms with van der Waals surface area (Å²) in [5, 5.41) is 4.22. The third-order valence-electron chi connectivity index (χ3n) is 4.76. The Morgan fingerprint density at radius 1 is 1.10 bits per heavy atom. The van der Waals surface area contributed by atoms with Crippen LogP contribution >= 0.6 is 11.3 Å². The lowest BCUT2D eigenvalue weighted by Gasteiger charge is -2.06. The normalized spacial score (nSPS) is 10.9. The first-order valence-electron chi connectivity index (χ1n) is 10.3. The van der Waals surface area contributed by atoms with Gasteiger partial charge in [0, 0.05) is 24.0 Å². The standard InChI is InChI=1S/C24H24N4O2S/c1-2-3-4-16-5-7-17(8-6-16)27-24-28-21-15-19(9-10-22(21)31-24)30-20-11-12-26-18(13-20)14-23(25)29/h5-13,15H,2-4,14H2,1H3,(H2,25,29)(H,27,28). The zero-order chi connectivity index (χ0) is 21.6. The highest BCUT2D eigenvalue weighted by atomic mass is 32.1. The molecule has 4 rings (SSSR count). The Labute approximate surface area is 185 Å². The molecule has 4 aromatic rings. The number of amides is 1. The van der Waals surface area contributed by atoms with Crippen LogP contribution in [0.4, 0.5) is 10.8 Å². The fourth-order valence-corrected chi connectivity index (χ4v) is 4.08. The summed E-state index contributed by atoms with van der Waals surface area (Å²) in [6.45, 7) is 2.21. The van der Waals surface area contributed by atoms with E-state index in [0.717, 1.165) is 27.5 Å². The van der Waals surface area contributed by atoms with Crippen LogP contribution in [0.2, 0.25) is 0 Å². The van der Waals surface area contributed by atoms with Gasteiger partial charge in [0.2, 0.25) is 5.91 Å². The second-order valence-electron chi connectivity index (χ2n) is 7.30. The molecule has 2 aromatic heterocycles. The maximum atomic E-state index is 11.1. The summed E-state index contributed by atoms with van der Waals surface area (Å²) in [6.07, 6.45) is 5.21. The van der Waals surface area contributed by atoms with Crippen molar-refractivity contribution in [2.45, 2.75) is 32.6 Å². The molecular formula is C24H24N4O2S. The lowest BCUT2D eigenvalue weighted by Crippen LogP contribution is -2.14. The molecule has 0 bridgehead atoms. The number of aryl methyl sites for hydroxylation is 1. The van der Waals surface area contributed by atoms with Crippen LogP contribution in [0, 0.1) is 0 Å². The van der Waals surface area contributed by atoms with Gasteiger partial charge in [0.25, 0.3) is 0 Å². The van der Waals surface area contributed by atoms with Crippen LogP contribution in [0.5, 0.6) is 11.5 Å². The maximum absolute atomic E-state index is 11.1. The molecule has 31 heavy (non-hydrogen) atoms. The number of hydrogen-bond acceptors (Lipinski definition) is 6. The lowest BCUT2D eigenvalue weighted by molar-refractivity contribution is -0.117. The van der Waals surface area contributed by atoms with E-state index >= 15 is 0 Å². The van der Waals surface area contributed by atoms with E-state index in [1.807, 2.05) is 18.2 Å². The molecule has 0 saturated heterocycles. The van der Waals surface area contributed by atoms with E-state index < -0.39 is 5.91 Å². The number of nitrogens with two attached hydrogens (primary N) is 1. The van der Waals surface area contributed by atoms with Crippen molar-refractivity contribution in [1.29, 1.82) is 0 Å². The number of unbranched alkanes of at least 4 members (excludes halogenated alkanes) is 1. The van der Waals surface area contributed by atoms with Gasteiger partial charge in [-0.1, -0.05) is 36.8 Å². The highest BCUT2D eigenvalue weighted by Crippen LogP contribution is 2.32. The average molecular weight is 433 g/mol. The summed E-state index contributed by atoms with van der Waals surface area (Å²) in [5.41, 5.74) is 9.05. The van der Waals surface area contributed by atoms with Crippen molar-refractivity contribution < 1.29 is 9.53 Å². The summed E-state index contributed by atoms with van der Waals surface area (Å²) < 4.78 is 7.00. The van der Waals surface area contributed by atoms with Crippen LogP contribution in [-0.4, -0.2) is 15.9 Å². The van der Waals surface area contributed by atoms with Crippen molar-refractivity contribution >= 4 is 38.3 Å². The number of hydrogen-bond donors (Lipinski definition) is 2. The minimum absolute atomic E-state index is 0.0803. The molecule has 0 atom stereocenters. The summed E-state index contributed by atoms with van der Waals surface area (Å²) in [5.74, 6) is 0.840. The number of benzene rings is 2. The van der Waals surface area contributed by atoms with Crippen molar-refractivity contribution in [2.24, 2.45) is 5.73 Å². The number of pyridine rings is 1. The highest BCUT2D eigenvalue weighted by Gasteiger charge is 2.08. The first kappa shape index (κ1) is 20.8. The van der Waals surface area contributed by atoms with Crippen LogP contribution in [-0.2, 0) is 17.6 Å². The smallest absolute Gasteiger partial charge is 0.223 e. The molecule has 0 unspecified atom stereocenters. The number of rotatable bonds is 9. The third kappa shape index (κ3) is 5.58. The number of carbonyl (C=O) groups is 1. The molecule has 0 spiro atoms. The van der Waals surface area contributed by atoms with Gasteiger partial charge in [-0.25, -0.2) is 4.98 Å². The Hall–Kier alpha value is -3.45. The number of ether oxygens (including phenoxy) is 1. The Morgan fingerprint density at radius 3 is 2.68 bits per heavy atom. The Bertz CT molecular complexity index is 1190. The number of aromatic nitrogens is 2. The number of thiazole rings is 1. The molecule has 6 nitrogen and oxygen atoms in total. The van der Waals surface area contributed by atoms with E-state index in [1.54, 1.807) is 29.7 Å². The lowest BCUT2D eigenvalue weighted by atomic mass is 10.1. The van der Waals surface area contributed by atoms with E-state index in [1.165, 1.54) is 18.4 Å². The zero-order valence-electron chi connectivity index (χ0n) is 17.3. The Morgan fingerprint density at radius 2 is 1.90 bits per heavy atom. The molecule has 3 N–H and O–H groups in total. The third-order valence-corrected chi connectivity index (χ3v) is 5.71. The number of carbonyl (C=O) groups excluding carboxylic acids is 1. The SMILES string of the molecule is CCCCc1ccc(Nc2nc3cc(Oc4ccnc(CC(N)=O)c4)ccc3s2)cc1. The van der Waals surface area contributed by atoms with E-state index in [-0.39, 0.29) is 6.42 Å². The highest BCUT2D eigenvalue weighted by molar-refractivity contribution is 7.22. The van der Waals surface area contributed by atoms with E-state index in [4.69, 9.17) is 15.5 Å². The topological polar surface area (TPSA) is 90.1 Å². The number of nitrogens with one attached hydrogen (secondary N) is 1. The summed E-state index contributed by atoms with van der Waals surface area (Å²) in [6, 6.07) is 17.8. The van der Waals surface area contributed by atoms with Crippen LogP contribution in [0.1, 0.15) is 31.0 Å². The van der Waals surface area contributed by atoms with E-state index in [0.29, 0.717) is 17.2 Å². The molecule has 1 amide bonds. The van der Waals surface area contributed by atoms with E-state index in [2.05, 4.69) is 41.5 Å². The quantitative estimate of drug-likeness (QED) is 0.359.